The second-order valence-corrected chi connectivity index (χ2v) is 8.10. The van der Waals surface area contributed by atoms with Gasteiger partial charge < -0.3 is 4.90 Å². The maximum atomic E-state index is 10.7. The van der Waals surface area contributed by atoms with Crippen LogP contribution in [0.5, 0.6) is 0 Å². The van der Waals surface area contributed by atoms with Crippen LogP contribution in [0.25, 0.3) is 5.57 Å². The predicted molar refractivity (Wildman–Crippen MR) is 121 cm³/mol. The lowest BCUT2D eigenvalue weighted by Gasteiger charge is -2.43. The molecular formula is C22H25ClN4O2. The van der Waals surface area contributed by atoms with Crippen LogP contribution in [0.4, 0.5) is 17.1 Å². The first-order valence-electron chi connectivity index (χ1n) is 9.57. The quantitative estimate of drug-likeness (QED) is 0.353. The molecule has 1 aliphatic rings. The van der Waals surface area contributed by atoms with Crippen molar-refractivity contribution in [2.24, 2.45) is 5.10 Å². The monoisotopic (exact) mass is 412 g/mol. The molecule has 0 fully saturated rings. The minimum absolute atomic E-state index is 0.0408. The number of nitro groups is 1. The molecule has 3 rings (SSSR count). The molecule has 1 heterocycles. The minimum atomic E-state index is -0.432. The highest BCUT2D eigenvalue weighted by atomic mass is 35.5. The summed E-state index contributed by atoms with van der Waals surface area (Å²) in [6.45, 7) is 9.68. The lowest BCUT2D eigenvalue weighted by atomic mass is 9.88. The van der Waals surface area contributed by atoms with Crippen molar-refractivity contribution < 1.29 is 4.92 Å². The van der Waals surface area contributed by atoms with Crippen LogP contribution in [-0.2, 0) is 0 Å². The van der Waals surface area contributed by atoms with Crippen LogP contribution in [0.15, 0.2) is 47.6 Å². The molecule has 2 aromatic carbocycles. The summed E-state index contributed by atoms with van der Waals surface area (Å²) in [6.07, 6.45) is 5.01. The number of hydrazone groups is 1. The van der Waals surface area contributed by atoms with E-state index >= 15 is 0 Å². The number of rotatable bonds is 6. The molecule has 0 saturated heterocycles. The summed E-state index contributed by atoms with van der Waals surface area (Å²) >= 11 is 6.56. The predicted octanol–water partition coefficient (Wildman–Crippen LogP) is 6.11. The van der Waals surface area contributed by atoms with Crippen molar-refractivity contribution in [3.8, 4) is 0 Å². The van der Waals surface area contributed by atoms with Crippen molar-refractivity contribution in [3.63, 3.8) is 0 Å². The van der Waals surface area contributed by atoms with E-state index in [9.17, 15) is 10.1 Å². The summed E-state index contributed by atoms with van der Waals surface area (Å²) in [5, 5.41) is 15.6. The van der Waals surface area contributed by atoms with E-state index in [4.69, 9.17) is 11.6 Å². The number of non-ortho nitro benzene ring substituents is 1. The van der Waals surface area contributed by atoms with Gasteiger partial charge in [-0.2, -0.15) is 5.10 Å². The highest BCUT2D eigenvalue weighted by Crippen LogP contribution is 2.41. The second kappa shape index (κ2) is 8.25. The molecule has 0 bridgehead atoms. The molecule has 1 aliphatic heterocycles. The normalized spacial score (nSPS) is 15.2. The molecule has 0 unspecified atom stereocenters. The molecular weight excluding hydrogens is 388 g/mol. The molecule has 152 valence electrons. The fraction of sp³-hybridized carbons (Fsp3) is 0.318. The molecule has 0 amide bonds. The largest absolute Gasteiger partial charge is 0.362 e. The number of halogens is 1. The van der Waals surface area contributed by atoms with Gasteiger partial charge in [-0.25, -0.2) is 0 Å². The van der Waals surface area contributed by atoms with Crippen molar-refractivity contribution in [3.05, 3.63) is 68.7 Å². The van der Waals surface area contributed by atoms with Crippen molar-refractivity contribution in [1.82, 2.24) is 0 Å². The Morgan fingerprint density at radius 2 is 1.97 bits per heavy atom. The van der Waals surface area contributed by atoms with Gasteiger partial charge >= 0.3 is 0 Å². The highest BCUT2D eigenvalue weighted by Gasteiger charge is 2.31. The van der Waals surface area contributed by atoms with Crippen LogP contribution in [0.2, 0.25) is 5.02 Å². The zero-order valence-electron chi connectivity index (χ0n) is 17.1. The van der Waals surface area contributed by atoms with Gasteiger partial charge in [0.2, 0.25) is 0 Å². The fourth-order valence-electron chi connectivity index (χ4n) is 3.68. The topological polar surface area (TPSA) is 70.8 Å². The summed E-state index contributed by atoms with van der Waals surface area (Å²) in [7, 11) is 0. The van der Waals surface area contributed by atoms with E-state index in [1.54, 1.807) is 18.3 Å². The highest BCUT2D eigenvalue weighted by molar-refractivity contribution is 6.33. The second-order valence-electron chi connectivity index (χ2n) is 7.70. The molecule has 2 aromatic rings. The third kappa shape index (κ3) is 4.43. The van der Waals surface area contributed by atoms with Gasteiger partial charge in [0, 0.05) is 35.5 Å². The number of allylic oxidation sites excluding steroid dienone is 1. The lowest BCUT2D eigenvalue weighted by molar-refractivity contribution is -0.384. The van der Waals surface area contributed by atoms with Crippen LogP contribution in [0, 0.1) is 10.1 Å². The van der Waals surface area contributed by atoms with Crippen LogP contribution in [0.1, 0.15) is 45.2 Å². The Balaban J connectivity index is 1.85. The molecule has 1 N–H and O–H groups in total. The zero-order valence-corrected chi connectivity index (χ0v) is 17.8. The third-order valence-electron chi connectivity index (χ3n) is 5.02. The van der Waals surface area contributed by atoms with Gasteiger partial charge in [-0.3, -0.25) is 15.5 Å². The SMILES string of the molecule is CCCN1c2cc(Cl)c(/C=N\Nc3ccc([N+](=O)[O-])cc3)cc2C(C)=CC1(C)C. The van der Waals surface area contributed by atoms with Crippen molar-refractivity contribution in [2.45, 2.75) is 39.7 Å². The lowest BCUT2D eigenvalue weighted by Crippen LogP contribution is -2.45. The summed E-state index contributed by atoms with van der Waals surface area (Å²) in [5.41, 5.74) is 7.83. The molecule has 0 saturated carbocycles. The maximum Gasteiger partial charge on any atom is 0.269 e. The number of nitro benzene ring substituents is 1. The Labute approximate surface area is 176 Å². The van der Waals surface area contributed by atoms with Gasteiger partial charge in [-0.1, -0.05) is 24.6 Å². The average Bonchev–Trinajstić information content (AvgIpc) is 2.66. The van der Waals surface area contributed by atoms with Crippen LogP contribution in [-0.4, -0.2) is 23.2 Å². The first kappa shape index (κ1) is 20.9. The van der Waals surface area contributed by atoms with E-state index in [2.05, 4.69) is 55.3 Å². The summed E-state index contributed by atoms with van der Waals surface area (Å²) in [6, 6.07) is 10.2. The van der Waals surface area contributed by atoms with E-state index in [1.165, 1.54) is 17.7 Å². The fourth-order valence-corrected chi connectivity index (χ4v) is 3.89. The zero-order chi connectivity index (χ0) is 21.2. The molecule has 0 aliphatic carbocycles. The number of fused-ring (bicyclic) bond motifs is 1. The molecule has 0 spiro atoms. The first-order valence-corrected chi connectivity index (χ1v) is 9.95. The standard InChI is InChI=1S/C22H25ClN4O2/c1-5-10-26-21-12-20(23)16(11-19(21)15(2)13-22(26,3)4)14-24-25-17-6-8-18(9-7-17)27(28)29/h6-9,11-14,25H,5,10H2,1-4H3/b24-14-. The first-order chi connectivity index (χ1) is 13.7. The molecule has 29 heavy (non-hydrogen) atoms. The third-order valence-corrected chi connectivity index (χ3v) is 5.35. The average molecular weight is 413 g/mol. The van der Waals surface area contributed by atoms with E-state index in [1.807, 2.05) is 6.07 Å². The number of nitrogens with zero attached hydrogens (tertiary/aromatic N) is 3. The summed E-state index contributed by atoms with van der Waals surface area (Å²) < 4.78 is 0. The van der Waals surface area contributed by atoms with Crippen LogP contribution in [0.3, 0.4) is 0 Å². The van der Waals surface area contributed by atoms with Gasteiger partial charge in [0.25, 0.3) is 5.69 Å². The number of benzene rings is 2. The Morgan fingerprint density at radius 3 is 2.59 bits per heavy atom. The summed E-state index contributed by atoms with van der Waals surface area (Å²) in [4.78, 5) is 12.7. The molecule has 7 heteroatoms. The molecule has 0 radical (unpaired) electrons. The Kier molecular flexibility index (Phi) is 5.94. The minimum Gasteiger partial charge on any atom is -0.362 e. The van der Waals surface area contributed by atoms with Gasteiger partial charge in [-0.15, -0.1) is 0 Å². The van der Waals surface area contributed by atoms with E-state index in [0.29, 0.717) is 10.7 Å². The molecule has 6 nitrogen and oxygen atoms in total. The molecule has 0 aromatic heterocycles. The van der Waals surface area contributed by atoms with Crippen molar-refractivity contribution in [2.75, 3.05) is 16.9 Å². The van der Waals surface area contributed by atoms with Crippen molar-refractivity contribution in [1.29, 1.82) is 0 Å². The van der Waals surface area contributed by atoms with Crippen molar-refractivity contribution >= 4 is 40.5 Å². The van der Waals surface area contributed by atoms with E-state index in [0.717, 1.165) is 29.8 Å². The summed E-state index contributed by atoms with van der Waals surface area (Å²) in [5.74, 6) is 0. The molecule has 0 atom stereocenters. The van der Waals surface area contributed by atoms with E-state index < -0.39 is 4.92 Å². The number of anilines is 2. The van der Waals surface area contributed by atoms with Gasteiger partial charge in [0.1, 0.15) is 0 Å². The maximum absolute atomic E-state index is 10.7. The Bertz CT molecular complexity index is 981. The Hall–Kier alpha value is -2.86. The number of nitrogens with one attached hydrogen (secondary N) is 1. The van der Waals surface area contributed by atoms with E-state index in [-0.39, 0.29) is 11.2 Å². The van der Waals surface area contributed by atoms with Crippen LogP contribution >= 0.6 is 11.6 Å². The van der Waals surface area contributed by atoms with Gasteiger partial charge in [-0.05, 0) is 57.0 Å². The smallest absolute Gasteiger partial charge is 0.269 e. The van der Waals surface area contributed by atoms with Gasteiger partial charge in [0.15, 0.2) is 0 Å². The van der Waals surface area contributed by atoms with Gasteiger partial charge in [0.05, 0.1) is 27.4 Å². The van der Waals surface area contributed by atoms with Crippen LogP contribution < -0.4 is 10.3 Å². The Morgan fingerprint density at radius 1 is 1.28 bits per heavy atom. The number of hydrogen-bond acceptors (Lipinski definition) is 5. The number of hydrogen-bond donors (Lipinski definition) is 1.